The first-order chi connectivity index (χ1) is 8.17. The van der Waals surface area contributed by atoms with Gasteiger partial charge in [0.1, 0.15) is 5.75 Å². The highest BCUT2D eigenvalue weighted by molar-refractivity contribution is 5.90. The van der Waals surface area contributed by atoms with Crippen molar-refractivity contribution in [1.82, 2.24) is 4.98 Å². The number of carboxylic acids is 1. The number of aromatic nitrogens is 1. The molecule has 0 aliphatic heterocycles. The van der Waals surface area contributed by atoms with Crippen LogP contribution in [-0.4, -0.2) is 29.7 Å². The molecule has 0 saturated carbocycles. The number of methoxy groups -OCH3 is 1. The third-order valence-corrected chi connectivity index (χ3v) is 2.83. The maximum atomic E-state index is 11.1. The Kier molecular flexibility index (Phi) is 3.01. The van der Waals surface area contributed by atoms with E-state index in [1.54, 1.807) is 13.3 Å². The average Bonchev–Trinajstić information content (AvgIpc) is 2.73. The number of rotatable bonds is 4. The molecule has 0 fully saturated rings. The van der Waals surface area contributed by atoms with Gasteiger partial charge in [0.15, 0.2) is 0 Å². The van der Waals surface area contributed by atoms with Crippen molar-refractivity contribution in [1.29, 1.82) is 0 Å². The van der Waals surface area contributed by atoms with Gasteiger partial charge in [-0.2, -0.15) is 0 Å². The Hall–Kier alpha value is -2.01. The number of fused-ring (bicyclic) bond motifs is 1. The summed E-state index contributed by atoms with van der Waals surface area (Å²) in [7, 11) is 1.57. The van der Waals surface area contributed by atoms with Crippen molar-refractivity contribution < 1.29 is 14.6 Å². The molecule has 0 radical (unpaired) electrons. The summed E-state index contributed by atoms with van der Waals surface area (Å²) in [6, 6.07) is 5.49. The number of nitrogens with one attached hydrogen (secondary N) is 1. The lowest BCUT2D eigenvalue weighted by Gasteiger charge is -2.08. The van der Waals surface area contributed by atoms with Crippen LogP contribution in [-0.2, 0) is 4.79 Å². The van der Waals surface area contributed by atoms with E-state index in [9.17, 15) is 4.79 Å². The van der Waals surface area contributed by atoms with E-state index in [1.165, 1.54) is 0 Å². The summed E-state index contributed by atoms with van der Waals surface area (Å²) in [5, 5.41) is 9.94. The summed E-state index contributed by atoms with van der Waals surface area (Å²) >= 11 is 0. The zero-order valence-electron chi connectivity index (χ0n) is 9.43. The van der Waals surface area contributed by atoms with Crippen LogP contribution in [0.15, 0.2) is 24.4 Å². The van der Waals surface area contributed by atoms with Crippen molar-refractivity contribution in [3.8, 4) is 5.75 Å². The van der Waals surface area contributed by atoms with E-state index in [0.717, 1.165) is 10.9 Å². The second-order valence-corrected chi connectivity index (χ2v) is 3.78. The van der Waals surface area contributed by atoms with Crippen LogP contribution in [0.1, 0.15) is 11.5 Å². The fourth-order valence-electron chi connectivity index (χ4n) is 1.90. The second kappa shape index (κ2) is 4.47. The van der Waals surface area contributed by atoms with Crippen molar-refractivity contribution in [2.24, 2.45) is 5.73 Å². The summed E-state index contributed by atoms with van der Waals surface area (Å²) < 4.78 is 5.13. The molecule has 0 aliphatic carbocycles. The number of aliphatic carboxylic acids is 1. The van der Waals surface area contributed by atoms with Gasteiger partial charge in [-0.05, 0) is 23.8 Å². The number of hydrogen-bond donors (Lipinski definition) is 3. The van der Waals surface area contributed by atoms with E-state index in [-0.39, 0.29) is 6.54 Å². The van der Waals surface area contributed by atoms with Gasteiger partial charge in [-0.3, -0.25) is 4.79 Å². The van der Waals surface area contributed by atoms with E-state index < -0.39 is 11.9 Å². The Labute approximate surface area is 98.2 Å². The molecular formula is C12H14N2O3. The lowest BCUT2D eigenvalue weighted by molar-refractivity contribution is -0.138. The minimum Gasteiger partial charge on any atom is -0.497 e. The third-order valence-electron chi connectivity index (χ3n) is 2.83. The molecule has 1 aromatic heterocycles. The fraction of sp³-hybridized carbons (Fsp3) is 0.250. The van der Waals surface area contributed by atoms with Crippen LogP contribution in [0.5, 0.6) is 5.75 Å². The number of ether oxygens (including phenoxy) is 1. The molecule has 1 aromatic carbocycles. The number of carboxylic acid groups (broad SMARTS) is 1. The standard InChI is InChI=1S/C12H14N2O3/c1-17-7-2-3-11-8(4-7)10(6-14-11)9(5-13)12(15)16/h2-4,6,9,14H,5,13H2,1H3,(H,15,16). The van der Waals surface area contributed by atoms with Gasteiger partial charge < -0.3 is 20.6 Å². The van der Waals surface area contributed by atoms with Crippen LogP contribution in [0, 0.1) is 0 Å². The van der Waals surface area contributed by atoms with E-state index >= 15 is 0 Å². The highest BCUT2D eigenvalue weighted by Gasteiger charge is 2.21. The molecular weight excluding hydrogens is 220 g/mol. The minimum absolute atomic E-state index is 0.0689. The van der Waals surface area contributed by atoms with Crippen LogP contribution in [0.4, 0.5) is 0 Å². The van der Waals surface area contributed by atoms with Crippen molar-refractivity contribution >= 4 is 16.9 Å². The summed E-state index contributed by atoms with van der Waals surface area (Å²) in [5.74, 6) is -0.924. The average molecular weight is 234 g/mol. The Bertz CT molecular complexity index is 548. The van der Waals surface area contributed by atoms with Crippen LogP contribution in [0.2, 0.25) is 0 Å². The minimum atomic E-state index is -0.920. The summed E-state index contributed by atoms with van der Waals surface area (Å²) in [6.07, 6.45) is 1.69. The number of hydrogen-bond acceptors (Lipinski definition) is 3. The van der Waals surface area contributed by atoms with E-state index in [0.29, 0.717) is 11.3 Å². The number of H-pyrrole nitrogens is 1. The van der Waals surface area contributed by atoms with Gasteiger partial charge in [-0.15, -0.1) is 0 Å². The molecule has 2 rings (SSSR count). The first-order valence-electron chi connectivity index (χ1n) is 5.25. The third kappa shape index (κ3) is 1.97. The van der Waals surface area contributed by atoms with E-state index in [4.69, 9.17) is 15.6 Å². The Morgan fingerprint density at radius 1 is 1.59 bits per heavy atom. The van der Waals surface area contributed by atoms with Crippen LogP contribution < -0.4 is 10.5 Å². The molecule has 0 bridgehead atoms. The first kappa shape index (κ1) is 11.5. The number of nitrogens with two attached hydrogens (primary N) is 1. The number of aromatic amines is 1. The lowest BCUT2D eigenvalue weighted by Crippen LogP contribution is -2.20. The lowest BCUT2D eigenvalue weighted by atomic mass is 9.99. The van der Waals surface area contributed by atoms with Crippen LogP contribution in [0.25, 0.3) is 10.9 Å². The van der Waals surface area contributed by atoms with E-state index in [1.807, 2.05) is 18.2 Å². The van der Waals surface area contributed by atoms with Crippen molar-refractivity contribution in [2.45, 2.75) is 5.92 Å². The van der Waals surface area contributed by atoms with Crippen LogP contribution >= 0.6 is 0 Å². The first-order valence-corrected chi connectivity index (χ1v) is 5.25. The maximum absolute atomic E-state index is 11.1. The Balaban J connectivity index is 2.57. The van der Waals surface area contributed by atoms with Crippen molar-refractivity contribution in [3.63, 3.8) is 0 Å². The predicted octanol–water partition coefficient (Wildman–Crippen LogP) is 1.30. The van der Waals surface area contributed by atoms with Gasteiger partial charge >= 0.3 is 5.97 Å². The van der Waals surface area contributed by atoms with E-state index in [2.05, 4.69) is 4.98 Å². The van der Waals surface area contributed by atoms with Gasteiger partial charge in [0, 0.05) is 23.6 Å². The Morgan fingerprint density at radius 2 is 2.35 bits per heavy atom. The van der Waals surface area contributed by atoms with Crippen molar-refractivity contribution in [3.05, 3.63) is 30.0 Å². The quantitative estimate of drug-likeness (QED) is 0.744. The maximum Gasteiger partial charge on any atom is 0.312 e. The normalized spacial score (nSPS) is 12.6. The monoisotopic (exact) mass is 234 g/mol. The molecule has 1 heterocycles. The molecule has 0 amide bonds. The molecule has 5 nitrogen and oxygen atoms in total. The van der Waals surface area contributed by atoms with Gasteiger partial charge in [0.2, 0.25) is 0 Å². The molecule has 90 valence electrons. The Morgan fingerprint density at radius 3 is 2.94 bits per heavy atom. The van der Waals surface area contributed by atoms with Gasteiger partial charge in [0.25, 0.3) is 0 Å². The summed E-state index contributed by atoms with van der Waals surface area (Å²) in [4.78, 5) is 14.1. The molecule has 0 aliphatic rings. The van der Waals surface area contributed by atoms with Crippen LogP contribution in [0.3, 0.4) is 0 Å². The molecule has 0 spiro atoms. The zero-order chi connectivity index (χ0) is 12.4. The SMILES string of the molecule is COc1ccc2[nH]cc(C(CN)C(=O)O)c2c1. The van der Waals surface area contributed by atoms with Gasteiger partial charge in [-0.1, -0.05) is 0 Å². The molecule has 4 N–H and O–H groups in total. The molecule has 17 heavy (non-hydrogen) atoms. The number of carbonyl (C=O) groups is 1. The topological polar surface area (TPSA) is 88.3 Å². The summed E-state index contributed by atoms with van der Waals surface area (Å²) in [5.41, 5.74) is 7.06. The summed E-state index contributed by atoms with van der Waals surface area (Å²) in [6.45, 7) is 0.0689. The predicted molar refractivity (Wildman–Crippen MR) is 64.3 cm³/mol. The van der Waals surface area contributed by atoms with Crippen molar-refractivity contribution in [2.75, 3.05) is 13.7 Å². The second-order valence-electron chi connectivity index (χ2n) is 3.78. The highest BCUT2D eigenvalue weighted by Crippen LogP contribution is 2.28. The number of benzene rings is 1. The smallest absolute Gasteiger partial charge is 0.312 e. The fourth-order valence-corrected chi connectivity index (χ4v) is 1.90. The molecule has 2 aromatic rings. The molecule has 0 saturated heterocycles. The molecule has 5 heteroatoms. The van der Waals surface area contributed by atoms with Gasteiger partial charge in [0.05, 0.1) is 13.0 Å². The molecule has 1 atom stereocenters. The highest BCUT2D eigenvalue weighted by atomic mass is 16.5. The molecule has 1 unspecified atom stereocenters. The largest absolute Gasteiger partial charge is 0.497 e. The zero-order valence-corrected chi connectivity index (χ0v) is 9.43. The van der Waals surface area contributed by atoms with Gasteiger partial charge in [-0.25, -0.2) is 0 Å².